The molecule has 0 aliphatic heterocycles. The van der Waals surface area contributed by atoms with Crippen molar-refractivity contribution in [1.82, 2.24) is 0 Å². The highest BCUT2D eigenvalue weighted by Gasteiger charge is 2.11. The molecule has 2 N–H and O–H groups in total. The highest BCUT2D eigenvalue weighted by Crippen LogP contribution is 2.24. The molecule has 0 fully saturated rings. The van der Waals surface area contributed by atoms with Crippen molar-refractivity contribution in [2.45, 2.75) is 12.3 Å². The first-order chi connectivity index (χ1) is 9.10. The summed E-state index contributed by atoms with van der Waals surface area (Å²) in [5.41, 5.74) is 7.91. The van der Waals surface area contributed by atoms with Gasteiger partial charge in [0.15, 0.2) is 0 Å². The van der Waals surface area contributed by atoms with Gasteiger partial charge in [-0.1, -0.05) is 41.4 Å². The molecule has 0 aromatic heterocycles. The molecule has 0 spiro atoms. The van der Waals surface area contributed by atoms with Gasteiger partial charge in [0, 0.05) is 10.9 Å². The topological polar surface area (TPSA) is 26.0 Å². The Labute approximate surface area is 122 Å². The summed E-state index contributed by atoms with van der Waals surface area (Å²) in [6, 6.07) is 12.4. The summed E-state index contributed by atoms with van der Waals surface area (Å²) in [7, 11) is 0. The largest absolute Gasteiger partial charge is 0.330 e. The molecule has 4 heteroatoms. The summed E-state index contributed by atoms with van der Waals surface area (Å²) >= 11 is 11.7. The SMILES string of the molecule is NCC(Cc1ccc(F)c(Cl)c1)c1ccc(Cl)cc1. The van der Waals surface area contributed by atoms with E-state index in [9.17, 15) is 4.39 Å². The maximum Gasteiger partial charge on any atom is 0.141 e. The van der Waals surface area contributed by atoms with Crippen molar-refractivity contribution in [3.05, 3.63) is 69.5 Å². The minimum atomic E-state index is -0.402. The smallest absolute Gasteiger partial charge is 0.141 e. The van der Waals surface area contributed by atoms with Crippen LogP contribution in [0.1, 0.15) is 17.0 Å². The van der Waals surface area contributed by atoms with Crippen molar-refractivity contribution in [2.24, 2.45) is 5.73 Å². The Morgan fingerprint density at radius 1 is 1.05 bits per heavy atom. The van der Waals surface area contributed by atoms with E-state index in [4.69, 9.17) is 28.9 Å². The summed E-state index contributed by atoms with van der Waals surface area (Å²) in [4.78, 5) is 0. The molecule has 0 radical (unpaired) electrons. The summed E-state index contributed by atoms with van der Waals surface area (Å²) in [5, 5.41) is 0.841. The first kappa shape index (κ1) is 14.3. The van der Waals surface area contributed by atoms with Crippen LogP contribution in [0.25, 0.3) is 0 Å². The van der Waals surface area contributed by atoms with Crippen molar-refractivity contribution >= 4 is 23.2 Å². The minimum absolute atomic E-state index is 0.143. The van der Waals surface area contributed by atoms with Gasteiger partial charge in [0.25, 0.3) is 0 Å². The van der Waals surface area contributed by atoms with E-state index in [1.54, 1.807) is 12.1 Å². The maximum absolute atomic E-state index is 13.1. The van der Waals surface area contributed by atoms with E-state index in [-0.39, 0.29) is 10.9 Å². The molecule has 2 rings (SSSR count). The van der Waals surface area contributed by atoms with E-state index in [1.807, 2.05) is 24.3 Å². The van der Waals surface area contributed by atoms with Gasteiger partial charge in [-0.25, -0.2) is 4.39 Å². The van der Waals surface area contributed by atoms with Crippen LogP contribution >= 0.6 is 23.2 Å². The standard InChI is InChI=1S/C15H14Cl2FN/c16-13-4-2-11(3-5-13)12(9-19)7-10-1-6-15(18)14(17)8-10/h1-6,8,12H,7,9,19H2. The van der Waals surface area contributed by atoms with E-state index < -0.39 is 5.82 Å². The van der Waals surface area contributed by atoms with Gasteiger partial charge in [-0.3, -0.25) is 0 Å². The molecule has 0 heterocycles. The second-order valence-corrected chi connectivity index (χ2v) is 5.28. The summed E-state index contributed by atoms with van der Waals surface area (Å²) in [6.45, 7) is 0.511. The van der Waals surface area contributed by atoms with Gasteiger partial charge in [0.1, 0.15) is 5.82 Å². The first-order valence-corrected chi connectivity index (χ1v) is 6.75. The fourth-order valence-corrected chi connectivity index (χ4v) is 2.35. The van der Waals surface area contributed by atoms with E-state index in [0.29, 0.717) is 11.6 Å². The Bertz CT molecular complexity index is 555. The third-order valence-corrected chi connectivity index (χ3v) is 3.63. The van der Waals surface area contributed by atoms with Crippen LogP contribution in [0.3, 0.4) is 0 Å². The Kier molecular flexibility index (Phi) is 4.81. The lowest BCUT2D eigenvalue weighted by Crippen LogP contribution is -2.15. The average molecular weight is 298 g/mol. The summed E-state index contributed by atoms with van der Waals surface area (Å²) in [6.07, 6.45) is 0.720. The van der Waals surface area contributed by atoms with Crippen LogP contribution in [0.2, 0.25) is 10.0 Å². The van der Waals surface area contributed by atoms with Crippen molar-refractivity contribution in [3.63, 3.8) is 0 Å². The second kappa shape index (κ2) is 6.38. The number of hydrogen-bond acceptors (Lipinski definition) is 1. The van der Waals surface area contributed by atoms with E-state index in [0.717, 1.165) is 17.5 Å². The van der Waals surface area contributed by atoms with Gasteiger partial charge >= 0.3 is 0 Å². The van der Waals surface area contributed by atoms with Crippen LogP contribution in [-0.4, -0.2) is 6.54 Å². The Morgan fingerprint density at radius 3 is 2.32 bits per heavy atom. The molecular weight excluding hydrogens is 284 g/mol. The summed E-state index contributed by atoms with van der Waals surface area (Å²) in [5.74, 6) is -0.236. The monoisotopic (exact) mass is 297 g/mol. The van der Waals surface area contributed by atoms with Gasteiger partial charge in [-0.05, 0) is 48.4 Å². The zero-order valence-electron chi connectivity index (χ0n) is 10.2. The number of hydrogen-bond donors (Lipinski definition) is 1. The minimum Gasteiger partial charge on any atom is -0.330 e. The number of halogens is 3. The molecule has 0 saturated carbocycles. The highest BCUT2D eigenvalue weighted by molar-refractivity contribution is 6.31. The second-order valence-electron chi connectivity index (χ2n) is 4.44. The normalized spacial score (nSPS) is 12.4. The molecular formula is C15H14Cl2FN. The number of rotatable bonds is 4. The molecule has 1 unspecified atom stereocenters. The fraction of sp³-hybridized carbons (Fsp3) is 0.200. The van der Waals surface area contributed by atoms with Crippen molar-refractivity contribution in [2.75, 3.05) is 6.54 Å². The molecule has 0 bridgehead atoms. The molecule has 100 valence electrons. The number of benzene rings is 2. The number of nitrogens with two attached hydrogens (primary N) is 1. The zero-order chi connectivity index (χ0) is 13.8. The Morgan fingerprint density at radius 2 is 1.74 bits per heavy atom. The summed E-state index contributed by atoms with van der Waals surface area (Å²) < 4.78 is 13.1. The predicted octanol–water partition coefficient (Wildman–Crippen LogP) is 4.42. The molecule has 0 amide bonds. The Balaban J connectivity index is 2.18. The van der Waals surface area contributed by atoms with Gasteiger partial charge in [0.05, 0.1) is 5.02 Å². The van der Waals surface area contributed by atoms with Crippen molar-refractivity contribution in [1.29, 1.82) is 0 Å². The molecule has 2 aromatic rings. The first-order valence-electron chi connectivity index (χ1n) is 5.99. The van der Waals surface area contributed by atoms with Gasteiger partial charge in [-0.15, -0.1) is 0 Å². The van der Waals surface area contributed by atoms with Crippen LogP contribution in [-0.2, 0) is 6.42 Å². The lowest BCUT2D eigenvalue weighted by atomic mass is 9.92. The quantitative estimate of drug-likeness (QED) is 0.888. The lowest BCUT2D eigenvalue weighted by Gasteiger charge is -2.15. The molecule has 0 aliphatic rings. The van der Waals surface area contributed by atoms with Crippen LogP contribution in [0.5, 0.6) is 0 Å². The van der Waals surface area contributed by atoms with E-state index >= 15 is 0 Å². The highest BCUT2D eigenvalue weighted by atomic mass is 35.5. The predicted molar refractivity (Wildman–Crippen MR) is 78.4 cm³/mol. The average Bonchev–Trinajstić information content (AvgIpc) is 2.41. The molecule has 1 atom stereocenters. The molecule has 1 nitrogen and oxygen atoms in total. The van der Waals surface area contributed by atoms with E-state index in [2.05, 4.69) is 0 Å². The van der Waals surface area contributed by atoms with Gasteiger partial charge < -0.3 is 5.73 Å². The molecule has 2 aromatic carbocycles. The third kappa shape index (κ3) is 3.69. The van der Waals surface area contributed by atoms with Gasteiger partial charge in [-0.2, -0.15) is 0 Å². The third-order valence-electron chi connectivity index (χ3n) is 3.09. The van der Waals surface area contributed by atoms with Crippen LogP contribution in [0.4, 0.5) is 4.39 Å². The molecule has 0 saturated heterocycles. The zero-order valence-corrected chi connectivity index (χ0v) is 11.8. The fourth-order valence-electron chi connectivity index (χ4n) is 2.02. The lowest BCUT2D eigenvalue weighted by molar-refractivity contribution is 0.625. The molecule has 0 aliphatic carbocycles. The Hall–Kier alpha value is -1.09. The van der Waals surface area contributed by atoms with Crippen LogP contribution < -0.4 is 5.73 Å². The van der Waals surface area contributed by atoms with Crippen LogP contribution in [0.15, 0.2) is 42.5 Å². The van der Waals surface area contributed by atoms with Crippen molar-refractivity contribution < 1.29 is 4.39 Å². The van der Waals surface area contributed by atoms with Crippen LogP contribution in [0, 0.1) is 5.82 Å². The van der Waals surface area contributed by atoms with Gasteiger partial charge in [0.2, 0.25) is 0 Å². The van der Waals surface area contributed by atoms with E-state index in [1.165, 1.54) is 6.07 Å². The maximum atomic E-state index is 13.1. The van der Waals surface area contributed by atoms with Crippen molar-refractivity contribution in [3.8, 4) is 0 Å². The molecule has 19 heavy (non-hydrogen) atoms.